The number of hydrogen-bond acceptors (Lipinski definition) is 5. The van der Waals surface area contributed by atoms with Crippen LogP contribution in [0.5, 0.6) is 11.5 Å². The molecular weight excluding hydrogens is 399 g/mol. The van der Waals surface area contributed by atoms with Crippen molar-refractivity contribution in [2.45, 2.75) is 26.9 Å². The Morgan fingerprint density at radius 2 is 1.87 bits per heavy atom. The van der Waals surface area contributed by atoms with E-state index in [1.165, 1.54) is 12.1 Å². The highest BCUT2D eigenvalue weighted by molar-refractivity contribution is 5.79. The van der Waals surface area contributed by atoms with Crippen LogP contribution in [0, 0.1) is 11.7 Å². The van der Waals surface area contributed by atoms with Crippen LogP contribution >= 0.6 is 0 Å². The van der Waals surface area contributed by atoms with Crippen molar-refractivity contribution in [3.63, 3.8) is 0 Å². The predicted octanol–water partition coefficient (Wildman–Crippen LogP) is 4.16. The largest absolute Gasteiger partial charge is 0.454 e. The van der Waals surface area contributed by atoms with Crippen LogP contribution in [-0.4, -0.2) is 33.7 Å². The summed E-state index contributed by atoms with van der Waals surface area (Å²) in [5.74, 6) is 2.74. The van der Waals surface area contributed by atoms with Crippen LogP contribution in [0.15, 0.2) is 42.5 Å². The minimum Gasteiger partial charge on any atom is -0.454 e. The van der Waals surface area contributed by atoms with Crippen molar-refractivity contribution in [1.82, 2.24) is 14.5 Å². The van der Waals surface area contributed by atoms with Gasteiger partial charge in [0.05, 0.1) is 6.54 Å². The van der Waals surface area contributed by atoms with Gasteiger partial charge < -0.3 is 24.3 Å². The van der Waals surface area contributed by atoms with Crippen LogP contribution < -0.4 is 14.8 Å². The summed E-state index contributed by atoms with van der Waals surface area (Å²) in [5.41, 5.74) is 2.34. The topological polar surface area (TPSA) is 68.6 Å². The van der Waals surface area contributed by atoms with E-state index in [0.717, 1.165) is 22.9 Å². The number of aromatic nitrogens is 2. The lowest BCUT2D eigenvalue weighted by molar-refractivity contribution is -0.136. The third-order valence-electron chi connectivity index (χ3n) is 5.53. The van der Waals surface area contributed by atoms with Crippen molar-refractivity contribution in [2.24, 2.45) is 5.92 Å². The highest BCUT2D eigenvalue weighted by Gasteiger charge is 2.28. The molecule has 0 saturated heterocycles. The molecule has 2 aliphatic rings. The van der Waals surface area contributed by atoms with Gasteiger partial charge in [-0.3, -0.25) is 4.79 Å². The zero-order chi connectivity index (χ0) is 21.5. The van der Waals surface area contributed by atoms with E-state index in [0.29, 0.717) is 36.8 Å². The predicted molar refractivity (Wildman–Crippen MR) is 114 cm³/mol. The molecule has 160 valence electrons. The van der Waals surface area contributed by atoms with Crippen molar-refractivity contribution in [3.8, 4) is 22.8 Å². The van der Waals surface area contributed by atoms with Gasteiger partial charge in [-0.25, -0.2) is 9.37 Å². The number of carbonyl (C=O) groups is 1. The molecule has 1 aromatic heterocycles. The molecule has 1 N–H and O–H groups in total. The summed E-state index contributed by atoms with van der Waals surface area (Å²) in [5, 5.41) is 3.46. The second-order valence-corrected chi connectivity index (χ2v) is 7.99. The van der Waals surface area contributed by atoms with Crippen LogP contribution in [0.2, 0.25) is 0 Å². The Morgan fingerprint density at radius 1 is 1.10 bits per heavy atom. The molecule has 1 amide bonds. The fraction of sp³-hybridized carbons (Fsp3) is 0.304. The average Bonchev–Trinajstić information content (AvgIpc) is 3.38. The Morgan fingerprint density at radius 3 is 2.65 bits per heavy atom. The minimum absolute atomic E-state index is 0.0655. The van der Waals surface area contributed by atoms with Crippen molar-refractivity contribution in [2.75, 3.05) is 18.7 Å². The lowest BCUT2D eigenvalue weighted by Crippen LogP contribution is -2.40. The minimum atomic E-state index is -0.299. The molecule has 0 radical (unpaired) electrons. The first-order valence-corrected chi connectivity index (χ1v) is 10.3. The van der Waals surface area contributed by atoms with E-state index in [2.05, 4.69) is 9.88 Å². The van der Waals surface area contributed by atoms with Gasteiger partial charge in [0.1, 0.15) is 23.2 Å². The number of hydrogen-bond donors (Lipinski definition) is 1. The van der Waals surface area contributed by atoms with E-state index in [1.54, 1.807) is 12.1 Å². The third-order valence-corrected chi connectivity index (χ3v) is 5.53. The number of fused-ring (bicyclic) bond motifs is 2. The van der Waals surface area contributed by atoms with Crippen molar-refractivity contribution in [1.29, 1.82) is 0 Å². The van der Waals surface area contributed by atoms with Crippen LogP contribution in [0.4, 0.5) is 15.9 Å². The number of benzene rings is 2. The van der Waals surface area contributed by atoms with Crippen LogP contribution in [0.25, 0.3) is 11.3 Å². The smallest absolute Gasteiger partial charge is 0.231 e. The molecule has 8 heteroatoms. The second-order valence-electron chi connectivity index (χ2n) is 7.99. The number of halogens is 1. The quantitative estimate of drug-likeness (QED) is 0.684. The Bertz CT molecular complexity index is 1140. The van der Waals surface area contributed by atoms with E-state index in [9.17, 15) is 9.18 Å². The SMILES string of the molecule is CC(C)C(=O)N1CCn2c(nc(-c3ccc(F)cc3)c2Nc2ccc3c(c2)OCO3)C1. The molecule has 0 atom stereocenters. The van der Waals surface area contributed by atoms with Gasteiger partial charge in [0.2, 0.25) is 12.7 Å². The second kappa shape index (κ2) is 7.61. The molecule has 0 spiro atoms. The Hall–Kier alpha value is -3.55. The highest BCUT2D eigenvalue weighted by atomic mass is 19.1. The van der Waals surface area contributed by atoms with Crippen LogP contribution in [0.1, 0.15) is 19.7 Å². The standard InChI is InChI=1S/C23H23FN4O3/c1-14(2)23(29)27-9-10-28-20(12-27)26-21(15-3-5-16(24)6-4-15)22(28)25-17-7-8-18-19(11-17)31-13-30-18/h3-8,11,14,25H,9-10,12-13H2,1-2H3. The zero-order valence-corrected chi connectivity index (χ0v) is 17.4. The summed E-state index contributed by atoms with van der Waals surface area (Å²) in [4.78, 5) is 19.2. The van der Waals surface area contributed by atoms with Gasteiger partial charge in [-0.15, -0.1) is 0 Å². The van der Waals surface area contributed by atoms with Crippen molar-refractivity contribution >= 4 is 17.4 Å². The van der Waals surface area contributed by atoms with E-state index < -0.39 is 0 Å². The Balaban J connectivity index is 1.54. The molecule has 2 aliphatic heterocycles. The number of anilines is 2. The number of imidazole rings is 1. The van der Waals surface area contributed by atoms with Crippen molar-refractivity contribution in [3.05, 3.63) is 54.1 Å². The Labute approximate surface area is 179 Å². The summed E-state index contributed by atoms with van der Waals surface area (Å²) >= 11 is 0. The molecule has 0 unspecified atom stereocenters. The summed E-state index contributed by atoms with van der Waals surface area (Å²) in [7, 11) is 0. The number of ether oxygens (including phenoxy) is 2. The van der Waals surface area contributed by atoms with Crippen LogP contribution in [-0.2, 0) is 17.9 Å². The van der Waals surface area contributed by atoms with Gasteiger partial charge in [0.25, 0.3) is 0 Å². The monoisotopic (exact) mass is 422 g/mol. The normalized spacial score (nSPS) is 14.6. The van der Waals surface area contributed by atoms with Gasteiger partial charge in [0, 0.05) is 36.3 Å². The van der Waals surface area contributed by atoms with Gasteiger partial charge in [-0.2, -0.15) is 0 Å². The molecule has 0 saturated carbocycles. The molecule has 31 heavy (non-hydrogen) atoms. The van der Waals surface area contributed by atoms with E-state index in [-0.39, 0.29) is 24.4 Å². The number of nitrogens with zero attached hydrogens (tertiary/aromatic N) is 3. The maximum atomic E-state index is 13.5. The van der Waals surface area contributed by atoms with Gasteiger partial charge in [-0.05, 0) is 36.4 Å². The zero-order valence-electron chi connectivity index (χ0n) is 17.4. The molecule has 0 aliphatic carbocycles. The summed E-state index contributed by atoms with van der Waals surface area (Å²) in [6, 6.07) is 11.9. The highest BCUT2D eigenvalue weighted by Crippen LogP contribution is 2.38. The summed E-state index contributed by atoms with van der Waals surface area (Å²) in [6.45, 7) is 5.68. The van der Waals surface area contributed by atoms with Crippen molar-refractivity contribution < 1.29 is 18.7 Å². The van der Waals surface area contributed by atoms with E-state index in [1.807, 2.05) is 36.9 Å². The summed E-state index contributed by atoms with van der Waals surface area (Å²) in [6.07, 6.45) is 0. The molecule has 0 bridgehead atoms. The average molecular weight is 422 g/mol. The maximum absolute atomic E-state index is 13.5. The molecular formula is C23H23FN4O3. The lowest BCUT2D eigenvalue weighted by atomic mass is 10.1. The molecule has 5 rings (SSSR count). The molecule has 2 aromatic carbocycles. The molecule has 3 aromatic rings. The third kappa shape index (κ3) is 3.58. The van der Waals surface area contributed by atoms with Crippen LogP contribution in [0.3, 0.4) is 0 Å². The Kier molecular flexibility index (Phi) is 4.77. The molecule has 0 fully saturated rings. The number of amides is 1. The fourth-order valence-electron chi connectivity index (χ4n) is 3.93. The number of carbonyl (C=O) groups excluding carboxylic acids is 1. The number of nitrogens with one attached hydrogen (secondary N) is 1. The fourth-order valence-corrected chi connectivity index (χ4v) is 3.93. The van der Waals surface area contributed by atoms with Gasteiger partial charge in [0.15, 0.2) is 11.5 Å². The molecule has 3 heterocycles. The van der Waals surface area contributed by atoms with Gasteiger partial charge >= 0.3 is 0 Å². The first-order chi connectivity index (χ1) is 15.0. The van der Waals surface area contributed by atoms with E-state index >= 15 is 0 Å². The van der Waals surface area contributed by atoms with E-state index in [4.69, 9.17) is 14.5 Å². The van der Waals surface area contributed by atoms with Gasteiger partial charge in [-0.1, -0.05) is 13.8 Å². The molecule has 7 nitrogen and oxygen atoms in total. The first-order valence-electron chi connectivity index (χ1n) is 10.3. The lowest BCUT2D eigenvalue weighted by Gasteiger charge is -2.30. The summed E-state index contributed by atoms with van der Waals surface area (Å²) < 4.78 is 26.5. The first kappa shape index (κ1) is 19.4. The number of rotatable bonds is 4. The maximum Gasteiger partial charge on any atom is 0.231 e.